The largest absolute Gasteiger partial charge is 0.496 e. The molecule has 4 heterocycles. The number of para-hydroxylation sites is 1. The molecule has 34 heavy (non-hydrogen) atoms. The molecule has 1 N–H and O–H groups in total. The summed E-state index contributed by atoms with van der Waals surface area (Å²) in [4.78, 5) is 17.5. The third-order valence-corrected chi connectivity index (χ3v) is 6.32. The maximum absolute atomic E-state index is 6.41. The molecule has 8 heteroatoms. The fourth-order valence-electron chi connectivity index (χ4n) is 4.70. The molecule has 6 rings (SSSR count). The zero-order chi connectivity index (χ0) is 23.6. The van der Waals surface area contributed by atoms with Crippen LogP contribution in [0.2, 0.25) is 5.15 Å². The minimum Gasteiger partial charge on any atom is -0.496 e. The summed E-state index contributed by atoms with van der Waals surface area (Å²) < 4.78 is 11.2. The van der Waals surface area contributed by atoms with Gasteiger partial charge in [-0.15, -0.1) is 0 Å². The summed E-state index contributed by atoms with van der Waals surface area (Å²) in [5.74, 6) is 2.11. The summed E-state index contributed by atoms with van der Waals surface area (Å²) in [6, 6.07) is 13.8. The van der Waals surface area contributed by atoms with Gasteiger partial charge in [0.25, 0.3) is 0 Å². The second kappa shape index (κ2) is 7.53. The number of rotatable bonds is 3. The predicted octanol–water partition coefficient (Wildman–Crippen LogP) is 6.57. The van der Waals surface area contributed by atoms with Crippen molar-refractivity contribution in [3.05, 3.63) is 64.9 Å². The SMILES string of the molecule is COc1cc2c(cc1-c1c(C)noc1C)[nH]c1nc(C)nc(-c3cc(Cl)nc4ccccc34)c12. The highest BCUT2D eigenvalue weighted by Gasteiger charge is 2.22. The Morgan fingerprint density at radius 2 is 1.76 bits per heavy atom. The van der Waals surface area contributed by atoms with Gasteiger partial charge in [0, 0.05) is 27.4 Å². The van der Waals surface area contributed by atoms with Gasteiger partial charge < -0.3 is 14.2 Å². The van der Waals surface area contributed by atoms with Gasteiger partial charge in [-0.1, -0.05) is 35.0 Å². The summed E-state index contributed by atoms with van der Waals surface area (Å²) in [5, 5.41) is 7.35. The molecule has 7 nitrogen and oxygen atoms in total. The van der Waals surface area contributed by atoms with E-state index >= 15 is 0 Å². The van der Waals surface area contributed by atoms with Crippen molar-refractivity contribution in [2.45, 2.75) is 20.8 Å². The normalized spacial score (nSPS) is 11.7. The Morgan fingerprint density at radius 1 is 0.941 bits per heavy atom. The number of nitrogens with one attached hydrogen (secondary N) is 1. The molecule has 168 valence electrons. The molecule has 0 aliphatic carbocycles. The molecule has 0 aliphatic rings. The van der Waals surface area contributed by atoms with Crippen LogP contribution in [0.25, 0.3) is 55.2 Å². The number of ether oxygens (including phenoxy) is 1. The number of aryl methyl sites for hydroxylation is 3. The molecule has 0 radical (unpaired) electrons. The Labute approximate surface area is 199 Å². The third kappa shape index (κ3) is 3.04. The molecule has 2 aromatic carbocycles. The van der Waals surface area contributed by atoms with Crippen molar-refractivity contribution >= 4 is 44.4 Å². The standard InChI is InChI=1S/C26H20ClN5O2/c1-12-23(13(2)34-32-12)18-9-20-17(10-21(18)33-4)24-25(28-14(3)29-26(24)31-20)16-11-22(27)30-19-8-6-5-7-15(16)19/h5-11H,1-4H3,(H,28,29,31). The van der Waals surface area contributed by atoms with Gasteiger partial charge in [-0.25, -0.2) is 15.0 Å². The highest BCUT2D eigenvalue weighted by atomic mass is 35.5. The second-order valence-corrected chi connectivity index (χ2v) is 8.66. The van der Waals surface area contributed by atoms with Gasteiger partial charge in [0.05, 0.1) is 35.0 Å². The van der Waals surface area contributed by atoms with E-state index in [0.717, 1.165) is 66.7 Å². The van der Waals surface area contributed by atoms with E-state index in [-0.39, 0.29) is 0 Å². The highest BCUT2D eigenvalue weighted by molar-refractivity contribution is 6.30. The molecule has 0 saturated heterocycles. The predicted molar refractivity (Wildman–Crippen MR) is 133 cm³/mol. The van der Waals surface area contributed by atoms with Crippen molar-refractivity contribution in [2.75, 3.05) is 7.11 Å². The van der Waals surface area contributed by atoms with Crippen LogP contribution >= 0.6 is 11.6 Å². The first-order valence-corrected chi connectivity index (χ1v) is 11.2. The molecule has 0 spiro atoms. The van der Waals surface area contributed by atoms with Crippen molar-refractivity contribution in [1.82, 2.24) is 25.1 Å². The Kier molecular flexibility index (Phi) is 4.57. The first-order valence-electron chi connectivity index (χ1n) is 10.8. The number of halogens is 1. The quantitative estimate of drug-likeness (QED) is 0.295. The number of nitrogens with zero attached hydrogens (tertiary/aromatic N) is 4. The van der Waals surface area contributed by atoms with E-state index in [0.29, 0.717) is 16.7 Å². The summed E-state index contributed by atoms with van der Waals surface area (Å²) in [6.45, 7) is 5.70. The third-order valence-electron chi connectivity index (χ3n) is 6.13. The Balaban J connectivity index is 1.72. The molecule has 6 aromatic rings. The van der Waals surface area contributed by atoms with E-state index in [9.17, 15) is 0 Å². The minimum absolute atomic E-state index is 0.413. The topological polar surface area (TPSA) is 89.7 Å². The summed E-state index contributed by atoms with van der Waals surface area (Å²) in [7, 11) is 1.66. The average Bonchev–Trinajstić information content (AvgIpc) is 3.34. The van der Waals surface area contributed by atoms with Gasteiger partial charge in [-0.2, -0.15) is 0 Å². The van der Waals surface area contributed by atoms with E-state index in [1.54, 1.807) is 7.11 Å². The van der Waals surface area contributed by atoms with Gasteiger partial charge in [0.1, 0.15) is 28.1 Å². The zero-order valence-corrected chi connectivity index (χ0v) is 19.8. The minimum atomic E-state index is 0.413. The van der Waals surface area contributed by atoms with Crippen LogP contribution in [0.15, 0.2) is 47.0 Å². The number of hydrogen-bond donors (Lipinski definition) is 1. The van der Waals surface area contributed by atoms with Crippen LogP contribution in [0.3, 0.4) is 0 Å². The number of aromatic nitrogens is 5. The average molecular weight is 470 g/mol. The Morgan fingerprint density at radius 3 is 2.53 bits per heavy atom. The van der Waals surface area contributed by atoms with Crippen molar-refractivity contribution in [2.24, 2.45) is 0 Å². The monoisotopic (exact) mass is 469 g/mol. The molecular weight excluding hydrogens is 450 g/mol. The van der Waals surface area contributed by atoms with Crippen LogP contribution < -0.4 is 4.74 Å². The van der Waals surface area contributed by atoms with Gasteiger partial charge in [0.2, 0.25) is 0 Å². The maximum Gasteiger partial charge on any atom is 0.142 e. The number of fused-ring (bicyclic) bond motifs is 4. The van der Waals surface area contributed by atoms with E-state index in [2.05, 4.69) is 21.2 Å². The fourth-order valence-corrected chi connectivity index (χ4v) is 4.90. The molecule has 0 bridgehead atoms. The number of methoxy groups -OCH3 is 1. The van der Waals surface area contributed by atoms with E-state index < -0.39 is 0 Å². The van der Waals surface area contributed by atoms with Crippen LogP contribution in [0.5, 0.6) is 5.75 Å². The first-order chi connectivity index (χ1) is 16.4. The number of hydrogen-bond acceptors (Lipinski definition) is 6. The highest BCUT2D eigenvalue weighted by Crippen LogP contribution is 2.42. The molecule has 0 amide bonds. The summed E-state index contributed by atoms with van der Waals surface area (Å²) in [5.41, 5.74) is 6.80. The maximum atomic E-state index is 6.41. The van der Waals surface area contributed by atoms with Crippen LogP contribution in [0.4, 0.5) is 0 Å². The van der Waals surface area contributed by atoms with Gasteiger partial charge in [-0.05, 0) is 45.0 Å². The molecule has 4 aromatic heterocycles. The van der Waals surface area contributed by atoms with Gasteiger partial charge >= 0.3 is 0 Å². The number of H-pyrrole nitrogens is 1. The van der Waals surface area contributed by atoms with Crippen LogP contribution in [0.1, 0.15) is 17.3 Å². The number of benzene rings is 2. The van der Waals surface area contributed by atoms with Crippen LogP contribution in [0, 0.1) is 20.8 Å². The lowest BCUT2D eigenvalue weighted by Gasteiger charge is -2.11. The Hall–Kier alpha value is -3.97. The van der Waals surface area contributed by atoms with Crippen molar-refractivity contribution < 1.29 is 9.26 Å². The summed E-state index contributed by atoms with van der Waals surface area (Å²) in [6.07, 6.45) is 0. The van der Waals surface area contributed by atoms with Crippen molar-refractivity contribution in [3.8, 4) is 28.1 Å². The smallest absolute Gasteiger partial charge is 0.142 e. The number of pyridine rings is 1. The lowest BCUT2D eigenvalue weighted by atomic mass is 9.99. The zero-order valence-electron chi connectivity index (χ0n) is 19.0. The Bertz CT molecular complexity index is 1730. The van der Waals surface area contributed by atoms with Crippen molar-refractivity contribution in [1.29, 1.82) is 0 Å². The lowest BCUT2D eigenvalue weighted by Crippen LogP contribution is -1.95. The molecule has 0 atom stereocenters. The van der Waals surface area contributed by atoms with E-state index in [4.69, 9.17) is 30.8 Å². The fraction of sp³-hybridized carbons (Fsp3) is 0.154. The van der Waals surface area contributed by atoms with Crippen LogP contribution in [-0.2, 0) is 0 Å². The number of aromatic amines is 1. The van der Waals surface area contributed by atoms with E-state index in [1.807, 2.05) is 57.2 Å². The first kappa shape index (κ1) is 20.6. The van der Waals surface area contributed by atoms with Crippen molar-refractivity contribution in [3.63, 3.8) is 0 Å². The van der Waals surface area contributed by atoms with Gasteiger partial charge in [-0.3, -0.25) is 0 Å². The molecule has 0 fully saturated rings. The summed E-state index contributed by atoms with van der Waals surface area (Å²) >= 11 is 6.41. The molecule has 0 unspecified atom stereocenters. The molecule has 0 aliphatic heterocycles. The second-order valence-electron chi connectivity index (χ2n) is 8.27. The van der Waals surface area contributed by atoms with E-state index in [1.165, 1.54) is 0 Å². The van der Waals surface area contributed by atoms with Gasteiger partial charge in [0.15, 0.2) is 0 Å². The lowest BCUT2D eigenvalue weighted by molar-refractivity contribution is 0.393. The van der Waals surface area contributed by atoms with Crippen LogP contribution in [-0.4, -0.2) is 32.2 Å². The molecule has 0 saturated carbocycles. The molecular formula is C26H20ClN5O2.